The Kier molecular flexibility index (Phi) is 19.2. The maximum atomic E-state index is 14.8. The molecule has 1 aromatic heterocycles. The maximum Gasteiger partial charge on any atom is 0.333 e. The lowest BCUT2D eigenvalue weighted by atomic mass is 9.77. The number of ether oxygens (including phenoxy) is 1. The standard InChI is InChI=1S/C60H63N7O10S/c1-36(2)32-46(57(73)63-38(4)59(75)76-49-30-18-28-44-45-29-19-31-50(78)54(45)77-53(44)49)64-52(70)35-61-56(72)48(66-58(74)47(33-40-20-10-6-11-21-40)65-55(71)37(3)62-39(5)68)34-51(69)67-60(41-22-12-7-13-23-41,42-24-14-8-15-25-42)43-26-16-9-17-27-43/h6-31,36-38,46-48,78H,32-35H2,1-5H3,(H,61,72)(H,62,68)(H,63,73)(H,64,70)(H,65,71)(H,66,74)(H,67,69)/t37-,38-,46-,47-,48-/m0/s1. The summed E-state index contributed by atoms with van der Waals surface area (Å²) in [7, 11) is 0. The summed E-state index contributed by atoms with van der Waals surface area (Å²) in [4.78, 5) is 111. The molecule has 6 aromatic carbocycles. The molecule has 0 aliphatic heterocycles. The van der Waals surface area contributed by atoms with Crippen molar-refractivity contribution in [3.8, 4) is 5.75 Å². The van der Waals surface area contributed by atoms with Gasteiger partial charge < -0.3 is 46.4 Å². The molecule has 0 fully saturated rings. The zero-order valence-corrected chi connectivity index (χ0v) is 44.7. The third kappa shape index (κ3) is 14.4. The second-order valence-corrected chi connectivity index (χ2v) is 19.8. The van der Waals surface area contributed by atoms with E-state index in [0.29, 0.717) is 43.7 Å². The van der Waals surface area contributed by atoms with Crippen molar-refractivity contribution in [2.45, 2.75) is 94.5 Å². The SMILES string of the molecule is CC(=O)N[C@@H](C)C(=O)N[C@@H](Cc1ccccc1)C(=O)N[C@@H](CC(=O)NC(c1ccccc1)(c1ccccc1)c1ccccc1)C(=O)NCC(=O)N[C@@H](CC(C)C)C(=O)N[C@@H](C)C(=O)Oc1cccc2c1oc1c(S)cccc12. The summed E-state index contributed by atoms with van der Waals surface area (Å²) < 4.78 is 11.8. The largest absolute Gasteiger partial charge is 0.451 e. The van der Waals surface area contributed by atoms with Crippen LogP contribution in [0.1, 0.15) is 69.7 Å². The van der Waals surface area contributed by atoms with E-state index in [4.69, 9.17) is 9.15 Å². The van der Waals surface area contributed by atoms with Crippen molar-refractivity contribution >= 4 is 81.9 Å². The third-order valence-corrected chi connectivity index (χ3v) is 13.2. The van der Waals surface area contributed by atoms with Gasteiger partial charge in [0.1, 0.15) is 41.3 Å². The molecule has 18 heteroatoms. The quantitative estimate of drug-likeness (QED) is 0.0157. The Balaban J connectivity index is 1.11. The summed E-state index contributed by atoms with van der Waals surface area (Å²) in [6.07, 6.45) is -0.565. The molecule has 7 aromatic rings. The highest BCUT2D eigenvalue weighted by molar-refractivity contribution is 7.80. The van der Waals surface area contributed by atoms with Gasteiger partial charge in [-0.1, -0.05) is 159 Å². The number of fused-ring (bicyclic) bond motifs is 3. The molecule has 7 amide bonds. The van der Waals surface area contributed by atoms with E-state index in [1.165, 1.54) is 20.8 Å². The number of amides is 7. The summed E-state index contributed by atoms with van der Waals surface area (Å²) >= 11 is 4.49. The number of furan rings is 1. The molecule has 0 unspecified atom stereocenters. The van der Waals surface area contributed by atoms with Crippen LogP contribution in [-0.2, 0) is 50.3 Å². The van der Waals surface area contributed by atoms with Crippen LogP contribution < -0.4 is 42.0 Å². The van der Waals surface area contributed by atoms with Gasteiger partial charge in [0.25, 0.3) is 0 Å². The smallest absolute Gasteiger partial charge is 0.333 e. The molecule has 0 bridgehead atoms. The molecule has 1 heterocycles. The van der Waals surface area contributed by atoms with Crippen molar-refractivity contribution in [2.75, 3.05) is 6.54 Å². The number of hydrogen-bond donors (Lipinski definition) is 8. The van der Waals surface area contributed by atoms with Gasteiger partial charge in [-0.3, -0.25) is 33.6 Å². The number of esters is 1. The average Bonchev–Trinajstić information content (AvgIpc) is 3.95. The first-order valence-corrected chi connectivity index (χ1v) is 26.0. The van der Waals surface area contributed by atoms with E-state index in [-0.39, 0.29) is 24.5 Å². The van der Waals surface area contributed by atoms with Crippen molar-refractivity contribution in [1.29, 1.82) is 0 Å². The number of carbonyl (C=O) groups excluding carboxylic acids is 8. The van der Waals surface area contributed by atoms with Gasteiger partial charge in [-0.25, -0.2) is 4.79 Å². The molecule has 0 radical (unpaired) electrons. The fourth-order valence-corrected chi connectivity index (χ4v) is 9.35. The number of hydrogen-bond acceptors (Lipinski definition) is 11. The summed E-state index contributed by atoms with van der Waals surface area (Å²) in [6, 6.07) is 40.8. The molecule has 0 aliphatic carbocycles. The highest BCUT2D eigenvalue weighted by atomic mass is 32.1. The Morgan fingerprint density at radius 3 is 1.62 bits per heavy atom. The maximum absolute atomic E-state index is 14.8. The predicted molar refractivity (Wildman–Crippen MR) is 298 cm³/mol. The number of para-hydroxylation sites is 2. The molecule has 17 nitrogen and oxygen atoms in total. The molecule has 7 N–H and O–H groups in total. The van der Waals surface area contributed by atoms with Crippen molar-refractivity contribution in [1.82, 2.24) is 37.2 Å². The molecular formula is C60H63N7O10S. The number of rotatable bonds is 23. The van der Waals surface area contributed by atoms with E-state index < -0.39 is 96.0 Å². The monoisotopic (exact) mass is 1070 g/mol. The molecule has 404 valence electrons. The summed E-state index contributed by atoms with van der Waals surface area (Å²) in [6.45, 7) is 7.11. The lowest BCUT2D eigenvalue weighted by Crippen LogP contribution is -2.58. The molecular weight excluding hydrogens is 1010 g/mol. The minimum atomic E-state index is -1.65. The van der Waals surface area contributed by atoms with Gasteiger partial charge in [0, 0.05) is 29.0 Å². The Morgan fingerprint density at radius 1 is 0.526 bits per heavy atom. The van der Waals surface area contributed by atoms with Crippen molar-refractivity contribution in [2.24, 2.45) is 5.92 Å². The van der Waals surface area contributed by atoms with Crippen LogP contribution in [0.4, 0.5) is 0 Å². The summed E-state index contributed by atoms with van der Waals surface area (Å²) in [5.41, 5.74) is 2.25. The predicted octanol–water partition coefficient (Wildman–Crippen LogP) is 6.17. The Bertz CT molecular complexity index is 3170. The van der Waals surface area contributed by atoms with Gasteiger partial charge in [-0.15, -0.1) is 12.6 Å². The number of benzene rings is 6. The number of carbonyl (C=O) groups is 8. The Labute approximate surface area is 457 Å². The first-order valence-electron chi connectivity index (χ1n) is 25.5. The van der Waals surface area contributed by atoms with Crippen molar-refractivity contribution < 1.29 is 47.5 Å². The molecule has 7 rings (SSSR count). The van der Waals surface area contributed by atoms with Crippen LogP contribution in [0.25, 0.3) is 21.9 Å². The topological polar surface area (TPSA) is 243 Å². The van der Waals surface area contributed by atoms with Crippen LogP contribution in [0.5, 0.6) is 5.75 Å². The van der Waals surface area contributed by atoms with Crippen LogP contribution in [0.3, 0.4) is 0 Å². The van der Waals surface area contributed by atoms with Crippen LogP contribution >= 0.6 is 12.6 Å². The molecule has 0 saturated heterocycles. The number of nitrogens with one attached hydrogen (secondary N) is 7. The zero-order valence-electron chi connectivity index (χ0n) is 43.8. The molecule has 78 heavy (non-hydrogen) atoms. The highest BCUT2D eigenvalue weighted by Gasteiger charge is 2.40. The van der Waals surface area contributed by atoms with Gasteiger partial charge in [-0.05, 0) is 60.6 Å². The Morgan fingerprint density at radius 2 is 1.05 bits per heavy atom. The normalized spacial score (nSPS) is 13.2. The second-order valence-electron chi connectivity index (χ2n) is 19.3. The van der Waals surface area contributed by atoms with Crippen molar-refractivity contribution in [3.05, 3.63) is 180 Å². The van der Waals surface area contributed by atoms with E-state index in [2.05, 4.69) is 49.8 Å². The molecule has 0 aliphatic rings. The van der Waals surface area contributed by atoms with Crippen molar-refractivity contribution in [3.63, 3.8) is 0 Å². The molecule has 5 atom stereocenters. The van der Waals surface area contributed by atoms with Gasteiger partial charge >= 0.3 is 5.97 Å². The fourth-order valence-electron chi connectivity index (χ4n) is 9.10. The summed E-state index contributed by atoms with van der Waals surface area (Å²) in [5, 5.41) is 20.4. The van der Waals surface area contributed by atoms with E-state index >= 15 is 0 Å². The first-order chi connectivity index (χ1) is 37.4. The van der Waals surface area contributed by atoms with E-state index in [1.54, 1.807) is 48.5 Å². The lowest BCUT2D eigenvalue weighted by molar-refractivity contribution is -0.139. The molecule has 0 saturated carbocycles. The van der Waals surface area contributed by atoms with Gasteiger partial charge in [0.15, 0.2) is 11.3 Å². The highest BCUT2D eigenvalue weighted by Crippen LogP contribution is 2.38. The minimum Gasteiger partial charge on any atom is -0.451 e. The van der Waals surface area contributed by atoms with Crippen LogP contribution in [-0.4, -0.2) is 84.1 Å². The van der Waals surface area contributed by atoms with Crippen LogP contribution in [0, 0.1) is 5.92 Å². The van der Waals surface area contributed by atoms with E-state index in [1.807, 2.05) is 123 Å². The first kappa shape index (κ1) is 56.9. The zero-order chi connectivity index (χ0) is 55.9. The van der Waals surface area contributed by atoms with Gasteiger partial charge in [0.2, 0.25) is 41.4 Å². The van der Waals surface area contributed by atoms with Gasteiger partial charge in [0.05, 0.1) is 13.0 Å². The summed E-state index contributed by atoms with van der Waals surface area (Å²) in [5.74, 6) is -5.92. The van der Waals surface area contributed by atoms with E-state index in [9.17, 15) is 38.4 Å². The van der Waals surface area contributed by atoms with E-state index in [0.717, 1.165) is 5.39 Å². The minimum absolute atomic E-state index is 0.0441. The van der Waals surface area contributed by atoms with Gasteiger partial charge in [-0.2, -0.15) is 0 Å². The van der Waals surface area contributed by atoms with Crippen LogP contribution in [0.15, 0.2) is 167 Å². The Hall–Kier alpha value is -8.77. The third-order valence-electron chi connectivity index (χ3n) is 12.9. The molecule has 0 spiro atoms. The average molecular weight is 1070 g/mol. The fraction of sp³-hybridized carbons (Fsp3) is 0.267. The number of thiol groups is 1. The van der Waals surface area contributed by atoms with Crippen LogP contribution in [0.2, 0.25) is 0 Å². The second kappa shape index (κ2) is 26.3. The lowest BCUT2D eigenvalue weighted by Gasteiger charge is -2.37.